The third kappa shape index (κ3) is 19.8. The van der Waals surface area contributed by atoms with Crippen LogP contribution in [0.3, 0.4) is 0 Å². The molecule has 0 spiro atoms. The van der Waals surface area contributed by atoms with Crippen molar-refractivity contribution in [1.29, 1.82) is 0 Å². The van der Waals surface area contributed by atoms with Gasteiger partial charge in [0, 0.05) is 49.6 Å². The van der Waals surface area contributed by atoms with E-state index < -0.39 is 8.74 Å². The number of thiocarbonyl (C=S) groups is 2. The molecule has 7 aromatic rings. The Labute approximate surface area is 540 Å². The monoisotopic (exact) mass is 1380 g/mol. The summed E-state index contributed by atoms with van der Waals surface area (Å²) in [6.45, 7) is 0. The van der Waals surface area contributed by atoms with Crippen LogP contribution in [0.1, 0.15) is 38.3 Å². The highest BCUT2D eigenvalue weighted by atomic mass is 79.9. The van der Waals surface area contributed by atoms with E-state index >= 15 is 0 Å². The first-order valence-corrected chi connectivity index (χ1v) is 31.0. The number of benzene rings is 6. The van der Waals surface area contributed by atoms with E-state index in [0.717, 1.165) is 59.2 Å². The summed E-state index contributed by atoms with van der Waals surface area (Å²) in [5, 5.41) is 5.02. The lowest BCUT2D eigenvalue weighted by Gasteiger charge is -2.15. The van der Waals surface area contributed by atoms with E-state index in [9.17, 15) is 4.79 Å². The van der Waals surface area contributed by atoms with Crippen molar-refractivity contribution < 1.29 is 47.4 Å². The van der Waals surface area contributed by atoms with Gasteiger partial charge in [0.2, 0.25) is 20.0 Å². The molecule has 83 heavy (non-hydrogen) atoms. The molecule has 0 radical (unpaired) electrons. The Morgan fingerprint density at radius 2 is 0.855 bits per heavy atom. The topological polar surface area (TPSA) is 138 Å². The standard InChI is InChI=1S/C19H19NO4S.C19H19NO3S2.C19H17NO3S2.CBrCl3.CH2Cl2/c1-22-15-9-13(10-16(23-2)18(15)24-3)17(21)14-11-25-19(20-14)12-7-5-4-6-8-12;2*1-21-15-9-13(10-16(22-2)17(15)23-3)18(24)14-11-25-19(20-14)12-7-5-4-6-8-12;2-1(3,4)5;2-1-3/h2*4-10,14H,11H2,1-3H3;4-11H,1-3H3;;1H2. The van der Waals surface area contributed by atoms with Crippen LogP contribution in [0.15, 0.2) is 143 Å². The average molecular weight is 1390 g/mol. The molecule has 24 heteroatoms. The van der Waals surface area contributed by atoms with Crippen molar-refractivity contribution in [2.45, 2.75) is 14.8 Å². The van der Waals surface area contributed by atoms with Gasteiger partial charge >= 0.3 is 0 Å². The number of ether oxygens (including phenoxy) is 9. The Kier molecular flexibility index (Phi) is 28.8. The largest absolute Gasteiger partial charge is 0.493 e. The quantitative estimate of drug-likeness (QED) is 0.0457. The maximum Gasteiger partial charge on any atom is 0.245 e. The van der Waals surface area contributed by atoms with E-state index in [-0.39, 0.29) is 17.2 Å². The van der Waals surface area contributed by atoms with Crippen molar-refractivity contribution in [3.63, 3.8) is 0 Å². The lowest BCUT2D eigenvalue weighted by molar-refractivity contribution is 0.0970. The predicted octanol–water partition coefficient (Wildman–Crippen LogP) is 16.2. The highest BCUT2D eigenvalue weighted by Gasteiger charge is 2.29. The molecule has 2 aliphatic rings. The molecule has 13 nitrogen and oxygen atoms in total. The van der Waals surface area contributed by atoms with Gasteiger partial charge in [-0.05, 0) is 57.9 Å². The Morgan fingerprint density at radius 3 is 1.22 bits per heavy atom. The van der Waals surface area contributed by atoms with E-state index in [1.807, 2.05) is 109 Å². The number of carbonyl (C=O) groups is 1. The van der Waals surface area contributed by atoms with Gasteiger partial charge in [-0.1, -0.05) is 150 Å². The smallest absolute Gasteiger partial charge is 0.245 e. The minimum atomic E-state index is -1.27. The molecule has 0 aliphatic carbocycles. The first-order chi connectivity index (χ1) is 39.9. The molecule has 0 N–H and O–H groups in total. The van der Waals surface area contributed by atoms with Crippen LogP contribution in [0, 0.1) is 0 Å². The zero-order valence-corrected chi connectivity index (χ0v) is 55.7. The van der Waals surface area contributed by atoms with Crippen LogP contribution in [0.4, 0.5) is 0 Å². The van der Waals surface area contributed by atoms with Gasteiger partial charge in [0.05, 0.1) is 96.0 Å². The van der Waals surface area contributed by atoms with Gasteiger partial charge in [0.25, 0.3) is 0 Å². The van der Waals surface area contributed by atoms with Crippen LogP contribution in [-0.2, 0) is 0 Å². The van der Waals surface area contributed by atoms with Crippen LogP contribution in [-0.4, -0.2) is 126 Å². The number of thiazole rings is 1. The van der Waals surface area contributed by atoms with E-state index in [2.05, 4.69) is 38.0 Å². The molecule has 0 saturated carbocycles. The number of hydrogen-bond acceptors (Lipinski definition) is 18. The molecule has 2 unspecified atom stereocenters. The number of thioether (sulfide) groups is 2. The van der Waals surface area contributed by atoms with Crippen LogP contribution < -0.4 is 42.6 Å². The van der Waals surface area contributed by atoms with E-state index in [0.29, 0.717) is 67.9 Å². The molecular formula is C59H57BrCl5N3O10S5. The average Bonchev–Trinajstić information content (AvgIpc) is 4.55. The summed E-state index contributed by atoms with van der Waals surface area (Å²) < 4.78 is 47.0. The molecular weight excluding hydrogens is 1330 g/mol. The fourth-order valence-electron chi connectivity index (χ4n) is 7.78. The maximum atomic E-state index is 12.9. The van der Waals surface area contributed by atoms with Crippen LogP contribution >= 0.6 is 133 Å². The Hall–Kier alpha value is -5.03. The van der Waals surface area contributed by atoms with Crippen molar-refractivity contribution in [3.05, 3.63) is 166 Å². The number of aromatic nitrogens is 1. The minimum absolute atomic E-state index is 0.0435. The minimum Gasteiger partial charge on any atom is -0.493 e. The molecule has 1 aromatic heterocycles. The van der Waals surface area contributed by atoms with E-state index in [4.69, 9.17) is 130 Å². The van der Waals surface area contributed by atoms with Crippen molar-refractivity contribution in [2.75, 3.05) is 80.8 Å². The number of halogens is 6. The van der Waals surface area contributed by atoms with Gasteiger partial charge in [-0.2, -0.15) is 0 Å². The molecule has 9 rings (SSSR count). The number of nitrogens with zero attached hydrogens (tertiary/aromatic N) is 3. The second kappa shape index (κ2) is 34.8. The Bertz CT molecular complexity index is 3110. The van der Waals surface area contributed by atoms with Crippen molar-refractivity contribution in [3.8, 4) is 62.3 Å². The van der Waals surface area contributed by atoms with Crippen LogP contribution in [0.25, 0.3) is 10.6 Å². The van der Waals surface area contributed by atoms with Gasteiger partial charge in [0.15, 0.2) is 40.3 Å². The van der Waals surface area contributed by atoms with Gasteiger partial charge in [0.1, 0.15) is 11.0 Å². The molecule has 0 amide bonds. The summed E-state index contributed by atoms with van der Waals surface area (Å²) >= 11 is 43.4. The van der Waals surface area contributed by atoms with Gasteiger partial charge in [-0.15, -0.1) is 58.1 Å². The van der Waals surface area contributed by atoms with Crippen molar-refractivity contribution in [2.24, 2.45) is 9.98 Å². The number of rotatable bonds is 18. The highest BCUT2D eigenvalue weighted by Crippen LogP contribution is 2.42. The summed E-state index contributed by atoms with van der Waals surface area (Å²) in [7, 11) is 14.1. The fraction of sp³-hybridized carbons (Fsp3) is 0.254. The van der Waals surface area contributed by atoms with Gasteiger partial charge in [-0.3, -0.25) is 14.8 Å². The summed E-state index contributed by atoms with van der Waals surface area (Å²) in [5.74, 6) is 6.22. The first-order valence-electron chi connectivity index (χ1n) is 24.4. The number of alkyl halides is 6. The summed E-state index contributed by atoms with van der Waals surface area (Å²) in [6.07, 6.45) is 0. The van der Waals surface area contributed by atoms with E-state index in [1.54, 1.807) is 89.7 Å². The fourth-order valence-corrected chi connectivity index (χ4v) is 11.4. The molecule has 3 heterocycles. The molecule has 0 bridgehead atoms. The SMILES string of the molecule is COc1cc(C(=O)C2CSC(c3ccccc3)=N2)cc(OC)c1OC.COc1cc(C(=S)C2CSC(c3ccccc3)=N2)cc(OC)c1OC.COc1cc(C(=S)c2csc(-c3ccccc3)n2)cc(OC)c1OC.ClC(Cl)(Cl)Br.ClCCl. The van der Waals surface area contributed by atoms with Crippen LogP contribution in [0.2, 0.25) is 0 Å². The van der Waals surface area contributed by atoms with Crippen molar-refractivity contribution >= 4 is 159 Å². The third-order valence-electron chi connectivity index (χ3n) is 11.5. The molecule has 2 aliphatic heterocycles. The number of ketones is 1. The highest BCUT2D eigenvalue weighted by molar-refractivity contribution is 9.11. The van der Waals surface area contributed by atoms with Crippen LogP contribution in [0.5, 0.6) is 51.7 Å². The Balaban J connectivity index is 0.000000214. The molecule has 0 saturated heterocycles. The van der Waals surface area contributed by atoms with Gasteiger partial charge < -0.3 is 42.6 Å². The number of hydrogen-bond donors (Lipinski definition) is 0. The Morgan fingerprint density at radius 1 is 0.530 bits per heavy atom. The zero-order valence-electron chi connectivity index (χ0n) is 46.2. The normalized spacial score (nSPS) is 13.9. The van der Waals surface area contributed by atoms with Crippen molar-refractivity contribution in [1.82, 2.24) is 4.98 Å². The zero-order chi connectivity index (χ0) is 60.6. The summed E-state index contributed by atoms with van der Waals surface area (Å²) in [5.41, 5.74) is 6.16. The number of Topliss-reactive ketones (excluding diaryl/α,β-unsaturated/α-hetero) is 1. The first kappa shape index (κ1) is 68.7. The lowest BCUT2D eigenvalue weighted by atomic mass is 10.0. The third-order valence-corrected chi connectivity index (χ3v) is 15.6. The number of carbonyl (C=O) groups excluding carboxylic acids is 1. The summed E-state index contributed by atoms with van der Waals surface area (Å²) in [6, 6.07) is 40.4. The molecule has 6 aromatic carbocycles. The maximum absolute atomic E-state index is 12.9. The summed E-state index contributed by atoms with van der Waals surface area (Å²) in [4.78, 5) is 28.4. The number of aliphatic imine (C=N–C) groups is 2. The second-order valence-electron chi connectivity index (χ2n) is 16.5. The lowest BCUT2D eigenvalue weighted by Crippen LogP contribution is -2.19. The molecule has 2 atom stereocenters. The van der Waals surface area contributed by atoms with Gasteiger partial charge in [-0.25, -0.2) is 4.98 Å². The number of methoxy groups -OCH3 is 9. The second-order valence-corrected chi connectivity index (χ2v) is 25.9. The van der Waals surface area contributed by atoms with E-state index in [1.165, 1.54) is 21.3 Å². The molecule has 440 valence electrons. The predicted molar refractivity (Wildman–Crippen MR) is 357 cm³/mol. The molecule has 0 fully saturated rings.